The minimum Gasteiger partial charge on any atom is -0.335 e. The fourth-order valence-corrected chi connectivity index (χ4v) is 5.85. The van der Waals surface area contributed by atoms with Crippen LogP contribution in [0.15, 0.2) is 107 Å². The molecule has 1 atom stereocenters. The zero-order chi connectivity index (χ0) is 29.0. The van der Waals surface area contributed by atoms with Gasteiger partial charge in [-0.25, -0.2) is 14.7 Å². The van der Waals surface area contributed by atoms with Crippen molar-refractivity contribution in [3.05, 3.63) is 134 Å². The molecule has 3 heterocycles. The molecule has 0 saturated carbocycles. The van der Waals surface area contributed by atoms with Crippen LogP contribution in [0, 0.1) is 17.0 Å². The number of para-hydroxylation sites is 3. The normalized spacial score (nSPS) is 16.3. The Hall–Kier alpha value is -4.99. The predicted octanol–water partition coefficient (Wildman–Crippen LogP) is 8.19. The van der Waals surface area contributed by atoms with Crippen LogP contribution in [0.2, 0.25) is 10.0 Å². The van der Waals surface area contributed by atoms with Crippen molar-refractivity contribution in [3.63, 3.8) is 0 Å². The lowest BCUT2D eigenvalue weighted by Crippen LogP contribution is -2.48. The van der Waals surface area contributed by atoms with E-state index in [0.29, 0.717) is 38.8 Å². The van der Waals surface area contributed by atoms with E-state index in [1.54, 1.807) is 35.0 Å². The molecule has 0 radical (unpaired) electrons. The number of aryl methyl sites for hydroxylation is 1. The molecule has 0 unspecified atom stereocenters. The highest BCUT2D eigenvalue weighted by Gasteiger charge is 2.42. The van der Waals surface area contributed by atoms with Gasteiger partial charge in [0.25, 0.3) is 5.69 Å². The Labute approximate surface area is 250 Å². The van der Waals surface area contributed by atoms with E-state index in [1.807, 2.05) is 67.6 Å². The highest BCUT2D eigenvalue weighted by Crippen LogP contribution is 2.48. The molecule has 0 saturated heterocycles. The van der Waals surface area contributed by atoms with Crippen LogP contribution in [0.3, 0.4) is 0 Å². The van der Waals surface area contributed by atoms with Gasteiger partial charge in [-0.1, -0.05) is 65.7 Å². The van der Waals surface area contributed by atoms with Crippen molar-refractivity contribution in [3.8, 4) is 5.69 Å². The van der Waals surface area contributed by atoms with Crippen molar-refractivity contribution < 1.29 is 4.92 Å². The summed E-state index contributed by atoms with van der Waals surface area (Å²) in [6.07, 6.45) is 0. The quantitative estimate of drug-likeness (QED) is 0.167. The summed E-state index contributed by atoms with van der Waals surface area (Å²) in [4.78, 5) is 23.6. The first-order valence-corrected chi connectivity index (χ1v) is 13.8. The van der Waals surface area contributed by atoms with Gasteiger partial charge in [-0.15, -0.1) is 0 Å². The number of non-ortho nitro benzene ring substituents is 1. The second-order valence-corrected chi connectivity index (χ2v) is 10.7. The number of anilines is 2. The third-order valence-corrected chi connectivity index (χ3v) is 7.76. The largest absolute Gasteiger partial charge is 0.335 e. The first-order chi connectivity index (χ1) is 20.4. The smallest absolute Gasteiger partial charge is 0.269 e. The average molecular weight is 594 g/mol. The fourth-order valence-electron chi connectivity index (χ4n) is 5.40. The van der Waals surface area contributed by atoms with E-state index >= 15 is 0 Å². The van der Waals surface area contributed by atoms with Gasteiger partial charge in [0.2, 0.25) is 0 Å². The first-order valence-electron chi connectivity index (χ1n) is 13.1. The first kappa shape index (κ1) is 25.9. The Balaban J connectivity index is 1.54. The summed E-state index contributed by atoms with van der Waals surface area (Å²) in [6.45, 7) is 1.93. The number of hydrogen-bond donors (Lipinski definition) is 1. The summed E-state index contributed by atoms with van der Waals surface area (Å²) in [5.74, 6) is 1.58. The minimum atomic E-state index is -0.501. The number of nitrogens with zero attached hydrogens (tertiary/aromatic N) is 6. The maximum absolute atomic E-state index is 11.8. The number of hydrogen-bond acceptors (Lipinski definition) is 6. The summed E-state index contributed by atoms with van der Waals surface area (Å²) in [5.41, 5.74) is 5.29. The van der Waals surface area contributed by atoms with Crippen molar-refractivity contribution in [2.24, 2.45) is 9.98 Å². The molecule has 42 heavy (non-hydrogen) atoms. The van der Waals surface area contributed by atoms with Crippen LogP contribution in [0.4, 0.5) is 28.6 Å². The molecule has 7 rings (SSSR count). The SMILES string of the molecule is Cc1nn(-c2ccccc2)c2c1[C@H](c1cccc([N+](=O)[O-])c1)N1C(=N2)C(=Nc2ccc(Cl)cc2Cl)Nc2ccccc21. The summed E-state index contributed by atoms with van der Waals surface area (Å²) < 4.78 is 1.80. The number of amidine groups is 2. The van der Waals surface area contributed by atoms with E-state index in [4.69, 9.17) is 38.3 Å². The maximum Gasteiger partial charge on any atom is 0.269 e. The molecule has 0 fully saturated rings. The van der Waals surface area contributed by atoms with Crippen molar-refractivity contribution in [1.29, 1.82) is 0 Å². The standard InChI is InChI=1S/C31H21Cl2N7O2/c1-18-27-28(19-8-7-11-22(16-19)40(41)42)38-26-13-6-5-12-25(26)35-29(34-24-15-14-20(32)17-23(24)33)31(38)36-30(27)39(37-18)21-9-3-2-4-10-21/h2-17,28H,1H3,(H,34,35)/t28-/m0/s1. The van der Waals surface area contributed by atoms with Gasteiger partial charge in [-0.2, -0.15) is 5.10 Å². The summed E-state index contributed by atoms with van der Waals surface area (Å²) in [7, 11) is 0. The number of fused-ring (bicyclic) bond motifs is 4. The molecule has 2 aliphatic heterocycles. The molecular weight excluding hydrogens is 573 g/mol. The topological polar surface area (TPSA) is 101 Å². The lowest BCUT2D eigenvalue weighted by atomic mass is 9.93. The van der Waals surface area contributed by atoms with Crippen LogP contribution in [-0.4, -0.2) is 26.4 Å². The summed E-state index contributed by atoms with van der Waals surface area (Å²) in [5, 5.41) is 21.0. The molecule has 4 aromatic carbocycles. The molecule has 0 spiro atoms. The number of nitrogens with one attached hydrogen (secondary N) is 1. The van der Waals surface area contributed by atoms with Gasteiger partial charge in [-0.3, -0.25) is 10.1 Å². The zero-order valence-corrected chi connectivity index (χ0v) is 23.6. The van der Waals surface area contributed by atoms with E-state index in [0.717, 1.165) is 28.3 Å². The Bertz CT molecular complexity index is 1950. The molecule has 1 aromatic heterocycles. The van der Waals surface area contributed by atoms with Crippen LogP contribution >= 0.6 is 23.2 Å². The Morgan fingerprint density at radius 2 is 1.74 bits per heavy atom. The summed E-state index contributed by atoms with van der Waals surface area (Å²) >= 11 is 12.7. The molecular formula is C31H21Cl2N7O2. The van der Waals surface area contributed by atoms with E-state index in [1.165, 1.54) is 6.07 Å². The summed E-state index contributed by atoms with van der Waals surface area (Å²) in [6, 6.07) is 28.8. The van der Waals surface area contributed by atoms with E-state index < -0.39 is 6.04 Å². The number of aliphatic imine (C=N–C) groups is 2. The van der Waals surface area contributed by atoms with Gasteiger partial charge >= 0.3 is 0 Å². The molecule has 0 bridgehead atoms. The monoisotopic (exact) mass is 593 g/mol. The van der Waals surface area contributed by atoms with Crippen molar-refractivity contribution in [1.82, 2.24) is 9.78 Å². The Morgan fingerprint density at radius 3 is 2.52 bits per heavy atom. The number of aromatic nitrogens is 2. The van der Waals surface area contributed by atoms with Crippen LogP contribution in [0.1, 0.15) is 22.9 Å². The Kier molecular flexibility index (Phi) is 6.26. The van der Waals surface area contributed by atoms with Crippen LogP contribution < -0.4 is 10.2 Å². The van der Waals surface area contributed by atoms with E-state index in [2.05, 4.69) is 10.2 Å². The number of benzene rings is 4. The highest BCUT2D eigenvalue weighted by molar-refractivity contribution is 6.52. The van der Waals surface area contributed by atoms with Gasteiger partial charge < -0.3 is 10.2 Å². The van der Waals surface area contributed by atoms with Crippen LogP contribution in [0.25, 0.3) is 5.69 Å². The van der Waals surface area contributed by atoms with E-state index in [-0.39, 0.29) is 10.6 Å². The molecule has 206 valence electrons. The van der Waals surface area contributed by atoms with Gasteiger partial charge in [0, 0.05) is 22.7 Å². The maximum atomic E-state index is 11.8. The molecule has 5 aromatic rings. The number of nitro benzene ring substituents is 1. The molecule has 11 heteroatoms. The van der Waals surface area contributed by atoms with E-state index in [9.17, 15) is 10.1 Å². The Morgan fingerprint density at radius 1 is 0.952 bits per heavy atom. The third-order valence-electron chi connectivity index (χ3n) is 7.22. The zero-order valence-electron chi connectivity index (χ0n) is 22.1. The molecule has 0 aliphatic carbocycles. The van der Waals surface area contributed by atoms with Gasteiger partial charge in [0.1, 0.15) is 0 Å². The van der Waals surface area contributed by atoms with Crippen LogP contribution in [-0.2, 0) is 0 Å². The molecule has 9 nitrogen and oxygen atoms in total. The number of halogens is 2. The van der Waals surface area contributed by atoms with Crippen molar-refractivity contribution in [2.45, 2.75) is 13.0 Å². The van der Waals surface area contributed by atoms with Crippen molar-refractivity contribution >= 4 is 63.4 Å². The lowest BCUT2D eigenvalue weighted by Gasteiger charge is -2.41. The third kappa shape index (κ3) is 4.30. The van der Waals surface area contributed by atoms with Gasteiger partial charge in [0.15, 0.2) is 17.5 Å². The molecule has 1 N–H and O–H groups in total. The number of rotatable bonds is 4. The molecule has 2 aliphatic rings. The van der Waals surface area contributed by atoms with Gasteiger partial charge in [0.05, 0.1) is 44.4 Å². The molecule has 0 amide bonds. The lowest BCUT2D eigenvalue weighted by molar-refractivity contribution is -0.384. The van der Waals surface area contributed by atoms with Crippen LogP contribution in [0.5, 0.6) is 0 Å². The second-order valence-electron chi connectivity index (χ2n) is 9.83. The predicted molar refractivity (Wildman–Crippen MR) is 166 cm³/mol. The van der Waals surface area contributed by atoms with Gasteiger partial charge in [-0.05, 0) is 55.0 Å². The van der Waals surface area contributed by atoms with Crippen molar-refractivity contribution in [2.75, 3.05) is 10.2 Å². The number of nitro groups is 1. The fraction of sp³-hybridized carbons (Fsp3) is 0.0645. The second kappa shape index (κ2) is 10.1. The minimum absolute atomic E-state index is 0.00327. The average Bonchev–Trinajstić information content (AvgIpc) is 3.33. The highest BCUT2D eigenvalue weighted by atomic mass is 35.5.